The van der Waals surface area contributed by atoms with Crippen LogP contribution in [-0.4, -0.2) is 49.0 Å². The van der Waals surface area contributed by atoms with Crippen LogP contribution in [0, 0.1) is 5.92 Å². The number of esters is 1. The Hall–Kier alpha value is -3.25. The third-order valence-corrected chi connectivity index (χ3v) is 17.8. The molecule has 1 heterocycles. The average Bonchev–Trinajstić information content (AvgIpc) is 2.94. The molecule has 1 saturated heterocycles. The molecule has 6 nitrogen and oxygen atoms in total. The number of hydrogen-bond acceptors (Lipinski definition) is 5. The van der Waals surface area contributed by atoms with Gasteiger partial charge in [0.05, 0.1) is 18.1 Å². The summed E-state index contributed by atoms with van der Waals surface area (Å²) < 4.78 is 12.7. The van der Waals surface area contributed by atoms with Crippen LogP contribution >= 0.6 is 6.89 Å². The summed E-state index contributed by atoms with van der Waals surface area (Å²) >= 11 is 0. The molecule has 0 aliphatic carbocycles. The zero-order chi connectivity index (χ0) is 33.2. The first-order valence-corrected chi connectivity index (χ1v) is 20.4. The molecule has 1 fully saturated rings. The normalized spacial score (nSPS) is 17.9. The van der Waals surface area contributed by atoms with E-state index >= 15 is 0 Å². The zero-order valence-electron chi connectivity index (χ0n) is 28.1. The third kappa shape index (κ3) is 7.27. The van der Waals surface area contributed by atoms with Gasteiger partial charge in [-0.1, -0.05) is 112 Å². The molecule has 240 valence electrons. The van der Waals surface area contributed by atoms with Crippen LogP contribution in [0.3, 0.4) is 0 Å². The maximum atomic E-state index is 14.9. The van der Waals surface area contributed by atoms with Gasteiger partial charge in [-0.25, -0.2) is 4.79 Å². The second-order valence-corrected chi connectivity index (χ2v) is 22.5. The van der Waals surface area contributed by atoms with Gasteiger partial charge in [-0.2, -0.15) is 0 Å². The molecular weight excluding hydrogens is 597 g/mol. The number of carbonyl (C=O) groups is 3. The van der Waals surface area contributed by atoms with Crippen LogP contribution < -0.4 is 21.2 Å². The van der Waals surface area contributed by atoms with Crippen LogP contribution in [0.15, 0.2) is 91.0 Å². The van der Waals surface area contributed by atoms with Crippen molar-refractivity contribution in [3.63, 3.8) is 0 Å². The lowest BCUT2D eigenvalue weighted by molar-refractivity contribution is -0.146. The van der Waals surface area contributed by atoms with E-state index in [4.69, 9.17) is 9.16 Å². The Morgan fingerprint density at radius 3 is 1.58 bits per heavy atom. The van der Waals surface area contributed by atoms with Crippen LogP contribution in [-0.2, 0) is 23.5 Å². The van der Waals surface area contributed by atoms with Gasteiger partial charge in [-0.3, -0.25) is 9.59 Å². The SMILES string of the molecule is C[C@@H](O[Si](C)(C)C(C)(C)C)[C@H]1C(=O)N[C@@H]1CC(=O)C(C(=O)OC(C)(C)C)=P(c1ccccc1)(c1ccccc1)c1ccccc1. The molecule has 3 atom stereocenters. The third-order valence-electron chi connectivity index (χ3n) is 8.88. The minimum Gasteiger partial charge on any atom is -0.456 e. The van der Waals surface area contributed by atoms with Gasteiger partial charge in [0.15, 0.2) is 14.1 Å². The predicted molar refractivity (Wildman–Crippen MR) is 189 cm³/mol. The Morgan fingerprint density at radius 2 is 1.22 bits per heavy atom. The number of rotatable bonds is 10. The Morgan fingerprint density at radius 1 is 0.800 bits per heavy atom. The van der Waals surface area contributed by atoms with E-state index in [0.717, 1.165) is 15.9 Å². The van der Waals surface area contributed by atoms with Gasteiger partial charge in [0.1, 0.15) is 10.9 Å². The summed E-state index contributed by atoms with van der Waals surface area (Å²) in [6.07, 6.45) is -0.413. The lowest BCUT2D eigenvalue weighted by atomic mass is 9.83. The molecule has 0 radical (unpaired) electrons. The molecule has 1 amide bonds. The number of ketones is 1. The fourth-order valence-corrected chi connectivity index (χ4v) is 11.5. The number of benzene rings is 3. The molecule has 3 aromatic carbocycles. The number of nitrogens with one attached hydrogen (secondary N) is 1. The highest BCUT2D eigenvalue weighted by Crippen LogP contribution is 2.47. The average molecular weight is 646 g/mol. The highest BCUT2D eigenvalue weighted by Gasteiger charge is 2.49. The van der Waals surface area contributed by atoms with Crippen molar-refractivity contribution in [3.05, 3.63) is 91.0 Å². The molecule has 4 rings (SSSR count). The first kappa shape index (κ1) is 34.6. The lowest BCUT2D eigenvalue weighted by Gasteiger charge is -2.45. The quantitative estimate of drug-likeness (QED) is 0.0965. The van der Waals surface area contributed by atoms with Crippen molar-refractivity contribution in [1.29, 1.82) is 0 Å². The monoisotopic (exact) mass is 645 g/mol. The van der Waals surface area contributed by atoms with Gasteiger partial charge in [-0.05, 0) is 68.6 Å². The molecule has 1 aliphatic rings. The minimum atomic E-state index is -3.06. The number of carbonyl (C=O) groups excluding carboxylic acids is 3. The molecule has 0 aromatic heterocycles. The predicted octanol–water partition coefficient (Wildman–Crippen LogP) is 5.98. The Kier molecular flexibility index (Phi) is 10.2. The Bertz CT molecular complexity index is 1470. The summed E-state index contributed by atoms with van der Waals surface area (Å²) in [4.78, 5) is 42.3. The standard InChI is InChI=1S/C37H48NO5PSi/c1-26(43-45(8,9)37(5,6)7)32-30(38-34(32)40)25-31(39)33(35(41)42-36(2,3)4)44(27-19-13-10-14-20-27,28-21-15-11-16-22-28)29-23-17-12-18-24-29/h10-24,26,30,32H,25H2,1-9H3,(H,38,40)/t26-,30-,32-/m1/s1. The van der Waals surface area contributed by atoms with Gasteiger partial charge >= 0.3 is 5.97 Å². The zero-order valence-corrected chi connectivity index (χ0v) is 30.0. The molecule has 1 N–H and O–H groups in total. The molecule has 0 saturated carbocycles. The summed E-state index contributed by atoms with van der Waals surface area (Å²) in [5.41, 5.74) is -0.832. The van der Waals surface area contributed by atoms with E-state index in [-0.39, 0.29) is 34.5 Å². The molecule has 8 heteroatoms. The molecular formula is C37H48NO5PSi. The van der Waals surface area contributed by atoms with E-state index in [2.05, 4.69) is 39.2 Å². The van der Waals surface area contributed by atoms with Crippen LogP contribution in [0.4, 0.5) is 0 Å². The highest BCUT2D eigenvalue weighted by molar-refractivity contribution is 7.97. The summed E-state index contributed by atoms with van der Waals surface area (Å²) in [7, 11) is -2.18. The number of β-lactam (4-membered cyclic amide) rings is 1. The fourth-order valence-electron chi connectivity index (χ4n) is 5.74. The second-order valence-electron chi connectivity index (χ2n) is 14.4. The van der Waals surface area contributed by atoms with Gasteiger partial charge in [-0.15, -0.1) is 0 Å². The van der Waals surface area contributed by atoms with Gasteiger partial charge in [0.2, 0.25) is 5.91 Å². The highest BCUT2D eigenvalue weighted by atomic mass is 31.2. The molecule has 0 unspecified atom stereocenters. The molecule has 3 aromatic rings. The van der Waals surface area contributed by atoms with Crippen molar-refractivity contribution >= 4 is 54.1 Å². The smallest absolute Gasteiger partial charge is 0.343 e. The van der Waals surface area contributed by atoms with Crippen LogP contribution in [0.1, 0.15) is 54.9 Å². The van der Waals surface area contributed by atoms with Gasteiger partial charge in [0, 0.05) is 6.42 Å². The second kappa shape index (κ2) is 13.2. The number of ether oxygens (including phenoxy) is 1. The summed E-state index contributed by atoms with van der Waals surface area (Å²) in [5.74, 6) is -1.59. The lowest BCUT2D eigenvalue weighted by Crippen LogP contribution is -2.64. The number of Topliss-reactive ketones (excluding diaryl/α,β-unsaturated/α-hetero) is 1. The van der Waals surface area contributed by atoms with Crippen molar-refractivity contribution in [1.82, 2.24) is 5.32 Å². The van der Waals surface area contributed by atoms with E-state index in [1.54, 1.807) is 0 Å². The summed E-state index contributed by atoms with van der Waals surface area (Å²) in [6, 6.07) is 28.9. The first-order valence-electron chi connectivity index (χ1n) is 15.7. The van der Waals surface area contributed by atoms with Crippen molar-refractivity contribution in [3.8, 4) is 0 Å². The van der Waals surface area contributed by atoms with Crippen LogP contribution in [0.2, 0.25) is 18.1 Å². The topological polar surface area (TPSA) is 81.7 Å². The molecule has 1 aliphatic heterocycles. The van der Waals surface area contributed by atoms with Crippen molar-refractivity contribution in [2.45, 2.75) is 90.8 Å². The van der Waals surface area contributed by atoms with Crippen molar-refractivity contribution in [2.75, 3.05) is 0 Å². The van der Waals surface area contributed by atoms with Gasteiger partial charge < -0.3 is 14.5 Å². The number of amides is 1. The Balaban J connectivity index is 1.94. The Labute approximate surface area is 270 Å². The first-order chi connectivity index (χ1) is 21.0. The van der Waals surface area contributed by atoms with Crippen LogP contribution in [0.25, 0.3) is 0 Å². The summed E-state index contributed by atoms with van der Waals surface area (Å²) in [5, 5.41) is 5.68. The van der Waals surface area contributed by atoms with E-state index in [9.17, 15) is 14.4 Å². The van der Waals surface area contributed by atoms with Crippen molar-refractivity contribution < 1.29 is 23.5 Å². The maximum Gasteiger partial charge on any atom is 0.343 e. The fraction of sp³-hybridized carbons (Fsp3) is 0.405. The van der Waals surface area contributed by atoms with E-state index in [1.165, 1.54) is 0 Å². The molecule has 45 heavy (non-hydrogen) atoms. The largest absolute Gasteiger partial charge is 0.456 e. The number of hydrogen-bond donors (Lipinski definition) is 1. The molecule has 0 bridgehead atoms. The van der Waals surface area contributed by atoms with Gasteiger partial charge in [0.25, 0.3) is 0 Å². The van der Waals surface area contributed by atoms with Crippen LogP contribution in [0.5, 0.6) is 0 Å². The molecule has 0 spiro atoms. The maximum absolute atomic E-state index is 14.9. The minimum absolute atomic E-state index is 0.0321. The van der Waals surface area contributed by atoms with E-state index in [1.807, 2.05) is 119 Å². The van der Waals surface area contributed by atoms with E-state index < -0.39 is 38.7 Å². The van der Waals surface area contributed by atoms with Crippen molar-refractivity contribution in [2.24, 2.45) is 5.92 Å². The summed E-state index contributed by atoms with van der Waals surface area (Å²) in [6.45, 7) is 15.1. The van der Waals surface area contributed by atoms with E-state index in [0.29, 0.717) is 0 Å².